The van der Waals surface area contributed by atoms with E-state index in [1.807, 2.05) is 0 Å². The van der Waals surface area contributed by atoms with Crippen molar-refractivity contribution >= 4 is 16.4 Å². The smallest absolute Gasteiger partial charge is 0.249 e. The summed E-state index contributed by atoms with van der Waals surface area (Å²) in [6, 6.07) is 3.71. The third-order valence-corrected chi connectivity index (χ3v) is 10.1. The van der Waals surface area contributed by atoms with Crippen molar-refractivity contribution in [2.24, 2.45) is 0 Å². The maximum atomic E-state index is 6.59. The first kappa shape index (κ1) is 16.0. The minimum absolute atomic E-state index is 1.24. The molecule has 0 unspecified atom stereocenters. The Labute approximate surface area is 104 Å². The van der Waals surface area contributed by atoms with Crippen LogP contribution in [0, 0.1) is 0 Å². The topological polar surface area (TPSA) is 9.23 Å². The maximum absolute atomic E-state index is 6.59. The number of hydrogen-bond acceptors (Lipinski definition) is 1. The molecule has 0 heterocycles. The molecule has 1 nitrogen and oxygen atoms in total. The van der Waals surface area contributed by atoms with Gasteiger partial charge in [0.15, 0.2) is 0 Å². The molecule has 0 N–H and O–H groups in total. The van der Waals surface area contributed by atoms with Crippen LogP contribution in [0.4, 0.5) is 0 Å². The monoisotopic (exact) mass is 258 g/mol. The number of allylic oxidation sites excluding steroid dienone is 1. The first-order valence-electron chi connectivity index (χ1n) is 6.59. The van der Waals surface area contributed by atoms with Crippen LogP contribution in [-0.4, -0.2) is 16.4 Å². The maximum Gasteiger partial charge on any atom is 0.249 e. The van der Waals surface area contributed by atoms with E-state index in [0.717, 1.165) is 0 Å². The van der Waals surface area contributed by atoms with Gasteiger partial charge in [0.2, 0.25) is 8.32 Å². The van der Waals surface area contributed by atoms with Crippen molar-refractivity contribution in [1.82, 2.24) is 0 Å². The molecule has 0 rings (SSSR count). The largest absolute Gasteiger partial charge is 0.551 e. The van der Waals surface area contributed by atoms with E-state index in [4.69, 9.17) is 4.43 Å². The molecule has 0 aliphatic heterocycles. The molecular formula is C13H30OSi2. The Hall–Kier alpha value is -0.0262. The average Bonchev–Trinajstić information content (AvgIpc) is 2.18. The number of hydrogen-bond donors (Lipinski definition) is 0. The molecule has 3 heteroatoms. The molecule has 0 aromatic heterocycles. The van der Waals surface area contributed by atoms with Crippen molar-refractivity contribution in [1.29, 1.82) is 0 Å². The van der Waals surface area contributed by atoms with Crippen molar-refractivity contribution in [3.63, 3.8) is 0 Å². The van der Waals surface area contributed by atoms with E-state index >= 15 is 0 Å². The van der Waals surface area contributed by atoms with Gasteiger partial charge in [-0.25, -0.2) is 0 Å². The fraction of sp³-hybridized carbons (Fsp3) is 0.846. The second kappa shape index (κ2) is 6.06. The van der Waals surface area contributed by atoms with E-state index in [1.165, 1.54) is 29.1 Å². The van der Waals surface area contributed by atoms with Gasteiger partial charge in [-0.2, -0.15) is 0 Å². The highest BCUT2D eigenvalue weighted by molar-refractivity contribution is 6.84. The molecular weight excluding hydrogens is 228 g/mol. The summed E-state index contributed by atoms with van der Waals surface area (Å²) in [4.78, 5) is 0. The summed E-state index contributed by atoms with van der Waals surface area (Å²) in [5.41, 5.74) is 1.39. The summed E-state index contributed by atoms with van der Waals surface area (Å²) in [5, 5.41) is 1.37. The summed E-state index contributed by atoms with van der Waals surface area (Å²) in [7, 11) is -2.79. The highest BCUT2D eigenvalue weighted by Gasteiger charge is 2.35. The Morgan fingerprint density at radius 3 is 1.44 bits per heavy atom. The van der Waals surface area contributed by atoms with Gasteiger partial charge >= 0.3 is 0 Å². The van der Waals surface area contributed by atoms with E-state index in [9.17, 15) is 0 Å². The normalized spacial score (nSPS) is 12.5. The lowest BCUT2D eigenvalue weighted by atomic mass is 10.4. The first-order chi connectivity index (χ1) is 7.22. The highest BCUT2D eigenvalue weighted by atomic mass is 28.4. The zero-order valence-corrected chi connectivity index (χ0v) is 14.5. The second-order valence-electron chi connectivity index (χ2n) is 5.92. The molecule has 0 atom stereocenters. The lowest BCUT2D eigenvalue weighted by Gasteiger charge is -2.35. The van der Waals surface area contributed by atoms with Gasteiger partial charge in [0, 0.05) is 0 Å². The summed E-state index contributed by atoms with van der Waals surface area (Å²) in [5.74, 6) is 0. The fourth-order valence-corrected chi connectivity index (χ4v) is 8.13. The quantitative estimate of drug-likeness (QED) is 0.471. The molecule has 0 aliphatic rings. The van der Waals surface area contributed by atoms with Gasteiger partial charge in [-0.3, -0.25) is 0 Å². The summed E-state index contributed by atoms with van der Waals surface area (Å²) in [6.07, 6.45) is 0. The minimum atomic E-state index is -1.48. The van der Waals surface area contributed by atoms with E-state index < -0.39 is 16.4 Å². The van der Waals surface area contributed by atoms with Crippen molar-refractivity contribution in [2.75, 3.05) is 0 Å². The van der Waals surface area contributed by atoms with Crippen molar-refractivity contribution in [2.45, 2.75) is 72.4 Å². The van der Waals surface area contributed by atoms with E-state index in [0.29, 0.717) is 0 Å². The molecule has 0 spiro atoms. The van der Waals surface area contributed by atoms with E-state index in [-0.39, 0.29) is 0 Å². The van der Waals surface area contributed by atoms with Crippen LogP contribution in [0.3, 0.4) is 0 Å². The second-order valence-corrected chi connectivity index (χ2v) is 15.6. The standard InChI is InChI=1S/C13H30OSi2/c1-9-16(10-2,11-3)14-13(12(4)5)15(6,7)8/h9-11H2,1-8H3. The molecule has 0 aromatic carbocycles. The van der Waals surface area contributed by atoms with Crippen molar-refractivity contribution in [3.05, 3.63) is 11.0 Å². The molecule has 0 aromatic rings. The first-order valence-corrected chi connectivity index (χ1v) is 12.6. The van der Waals surface area contributed by atoms with Crippen LogP contribution in [0.25, 0.3) is 0 Å². The predicted octanol–water partition coefficient (Wildman–Crippen LogP) is 5.18. The molecule has 0 saturated heterocycles. The Morgan fingerprint density at radius 2 is 1.25 bits per heavy atom. The highest BCUT2D eigenvalue weighted by Crippen LogP contribution is 2.30. The zero-order chi connectivity index (χ0) is 13.0. The van der Waals surface area contributed by atoms with E-state index in [2.05, 4.69) is 54.3 Å². The van der Waals surface area contributed by atoms with Crippen LogP contribution >= 0.6 is 0 Å². The lowest BCUT2D eigenvalue weighted by molar-refractivity contribution is 0.427. The molecule has 16 heavy (non-hydrogen) atoms. The van der Waals surface area contributed by atoms with Gasteiger partial charge < -0.3 is 4.43 Å². The van der Waals surface area contributed by atoms with Crippen LogP contribution in [0.1, 0.15) is 34.6 Å². The Bertz CT molecular complexity index is 235. The van der Waals surface area contributed by atoms with Gasteiger partial charge in [-0.15, -0.1) is 0 Å². The van der Waals surface area contributed by atoms with E-state index in [1.54, 1.807) is 0 Å². The van der Waals surface area contributed by atoms with Crippen LogP contribution < -0.4 is 0 Å². The summed E-state index contributed by atoms with van der Waals surface area (Å²) >= 11 is 0. The van der Waals surface area contributed by atoms with Crippen molar-refractivity contribution in [3.8, 4) is 0 Å². The third-order valence-electron chi connectivity index (χ3n) is 3.39. The Balaban J connectivity index is 5.11. The summed E-state index contributed by atoms with van der Waals surface area (Å²) in [6.45, 7) is 18.5. The van der Waals surface area contributed by atoms with Gasteiger partial charge in [-0.05, 0) is 37.6 Å². The number of rotatable bonds is 6. The van der Waals surface area contributed by atoms with Crippen molar-refractivity contribution < 1.29 is 4.43 Å². The van der Waals surface area contributed by atoms with Gasteiger partial charge in [-0.1, -0.05) is 40.4 Å². The molecule has 0 aliphatic carbocycles. The van der Waals surface area contributed by atoms with Crippen LogP contribution in [0.5, 0.6) is 0 Å². The zero-order valence-electron chi connectivity index (χ0n) is 12.5. The van der Waals surface area contributed by atoms with Gasteiger partial charge in [0.1, 0.15) is 8.07 Å². The third kappa shape index (κ3) is 4.09. The molecule has 0 bridgehead atoms. The SMILES string of the molecule is CC[Si](CC)(CC)OC(=C(C)C)[Si](C)(C)C. The summed E-state index contributed by atoms with van der Waals surface area (Å²) < 4.78 is 6.59. The average molecular weight is 259 g/mol. The molecule has 96 valence electrons. The van der Waals surface area contributed by atoms with Gasteiger partial charge in [0.05, 0.1) is 5.38 Å². The Kier molecular flexibility index (Phi) is 6.05. The predicted molar refractivity (Wildman–Crippen MR) is 80.0 cm³/mol. The van der Waals surface area contributed by atoms with Gasteiger partial charge in [0.25, 0.3) is 0 Å². The molecule has 0 fully saturated rings. The fourth-order valence-electron chi connectivity index (χ4n) is 2.19. The molecule has 0 saturated carbocycles. The minimum Gasteiger partial charge on any atom is -0.551 e. The Morgan fingerprint density at radius 1 is 0.875 bits per heavy atom. The molecule has 0 radical (unpaired) electrons. The van der Waals surface area contributed by atoms with Crippen LogP contribution in [0.2, 0.25) is 37.8 Å². The lowest BCUT2D eigenvalue weighted by Crippen LogP contribution is -2.41. The van der Waals surface area contributed by atoms with Crippen LogP contribution in [-0.2, 0) is 4.43 Å². The van der Waals surface area contributed by atoms with Crippen LogP contribution in [0.15, 0.2) is 11.0 Å². The molecule has 0 amide bonds.